The Bertz CT molecular complexity index is 387. The minimum atomic E-state index is 0.0330. The van der Waals surface area contributed by atoms with E-state index in [1.807, 2.05) is 6.07 Å². The van der Waals surface area contributed by atoms with Crippen LogP contribution >= 0.6 is 0 Å². The van der Waals surface area contributed by atoms with Crippen molar-refractivity contribution >= 4 is 5.71 Å². The molecular formula is C10H9N3O2. The summed E-state index contributed by atoms with van der Waals surface area (Å²) in [5.74, 6) is 0. The van der Waals surface area contributed by atoms with Crippen molar-refractivity contribution in [2.24, 2.45) is 5.16 Å². The Labute approximate surface area is 87.4 Å². The van der Waals surface area contributed by atoms with Crippen molar-refractivity contribution in [3.8, 4) is 12.3 Å². The van der Waals surface area contributed by atoms with Gasteiger partial charge in [0.25, 0.3) is 6.26 Å². The number of benzene rings is 1. The second-order valence-electron chi connectivity index (χ2n) is 2.22. The SMILES string of the molecule is COC#N.N#CC(=NO)c1ccccc1. The third kappa shape index (κ3) is 4.91. The second-order valence-corrected chi connectivity index (χ2v) is 2.22. The summed E-state index contributed by atoms with van der Waals surface area (Å²) in [5, 5.41) is 27.0. The zero-order valence-corrected chi connectivity index (χ0v) is 8.08. The predicted octanol–water partition coefficient (Wildman–Crippen LogP) is 1.50. The largest absolute Gasteiger partial charge is 0.431 e. The van der Waals surface area contributed by atoms with Crippen molar-refractivity contribution in [3.63, 3.8) is 0 Å². The Balaban J connectivity index is 0.000000423. The highest BCUT2D eigenvalue weighted by Gasteiger charge is 1.99. The molecule has 0 spiro atoms. The molecule has 1 aromatic carbocycles. The molecule has 0 saturated carbocycles. The number of rotatable bonds is 1. The van der Waals surface area contributed by atoms with E-state index in [1.54, 1.807) is 30.3 Å². The fraction of sp³-hybridized carbons (Fsp3) is 0.100. The van der Waals surface area contributed by atoms with E-state index in [1.165, 1.54) is 13.4 Å². The van der Waals surface area contributed by atoms with Crippen molar-refractivity contribution in [3.05, 3.63) is 35.9 Å². The lowest BCUT2D eigenvalue weighted by Gasteiger charge is -1.91. The lowest BCUT2D eigenvalue weighted by Crippen LogP contribution is -1.95. The summed E-state index contributed by atoms with van der Waals surface area (Å²) in [6.07, 6.45) is 1.43. The predicted molar refractivity (Wildman–Crippen MR) is 53.0 cm³/mol. The van der Waals surface area contributed by atoms with Crippen molar-refractivity contribution in [1.82, 2.24) is 0 Å². The Morgan fingerprint density at radius 2 is 1.87 bits per heavy atom. The molecule has 0 aliphatic carbocycles. The Kier molecular flexibility index (Phi) is 6.72. The molecular weight excluding hydrogens is 194 g/mol. The summed E-state index contributed by atoms with van der Waals surface area (Å²) in [7, 11) is 1.32. The van der Waals surface area contributed by atoms with Crippen LogP contribution in [0.15, 0.2) is 35.5 Å². The third-order valence-corrected chi connectivity index (χ3v) is 1.34. The number of oxime groups is 1. The van der Waals surface area contributed by atoms with E-state index in [0.717, 1.165) is 0 Å². The zero-order chi connectivity index (χ0) is 11.5. The molecule has 0 radical (unpaired) electrons. The van der Waals surface area contributed by atoms with Gasteiger partial charge in [-0.15, -0.1) is 0 Å². The summed E-state index contributed by atoms with van der Waals surface area (Å²) in [6, 6.07) is 10.6. The van der Waals surface area contributed by atoms with Crippen LogP contribution in [0.5, 0.6) is 0 Å². The van der Waals surface area contributed by atoms with Crippen LogP contribution in [-0.2, 0) is 4.74 Å². The second kappa shape index (κ2) is 8.09. The fourth-order valence-corrected chi connectivity index (χ4v) is 0.741. The van der Waals surface area contributed by atoms with Gasteiger partial charge in [0.15, 0.2) is 5.71 Å². The zero-order valence-electron chi connectivity index (χ0n) is 8.08. The van der Waals surface area contributed by atoms with Crippen molar-refractivity contribution < 1.29 is 9.94 Å². The van der Waals surface area contributed by atoms with Crippen LogP contribution in [0, 0.1) is 22.8 Å². The first kappa shape index (κ1) is 12.5. The highest BCUT2D eigenvalue weighted by Crippen LogP contribution is 1.99. The first-order valence-electron chi connectivity index (χ1n) is 3.89. The number of hydrogen-bond acceptors (Lipinski definition) is 5. The van der Waals surface area contributed by atoms with Crippen LogP contribution in [0.2, 0.25) is 0 Å². The molecule has 1 N–H and O–H groups in total. The summed E-state index contributed by atoms with van der Waals surface area (Å²) in [4.78, 5) is 0. The Morgan fingerprint density at radius 3 is 2.20 bits per heavy atom. The molecule has 5 heteroatoms. The van der Waals surface area contributed by atoms with Gasteiger partial charge in [-0.3, -0.25) is 0 Å². The van der Waals surface area contributed by atoms with Gasteiger partial charge in [-0.1, -0.05) is 35.5 Å². The highest BCUT2D eigenvalue weighted by molar-refractivity contribution is 6.11. The van der Waals surface area contributed by atoms with Crippen molar-refractivity contribution in [2.75, 3.05) is 7.11 Å². The average Bonchev–Trinajstić information content (AvgIpc) is 2.32. The van der Waals surface area contributed by atoms with Crippen LogP contribution in [0.4, 0.5) is 0 Å². The molecule has 1 aromatic rings. The van der Waals surface area contributed by atoms with Gasteiger partial charge in [-0.05, 0) is 0 Å². The van der Waals surface area contributed by atoms with Gasteiger partial charge in [0.1, 0.15) is 6.07 Å². The number of methoxy groups -OCH3 is 1. The molecule has 0 unspecified atom stereocenters. The molecule has 0 aliphatic rings. The van der Waals surface area contributed by atoms with E-state index >= 15 is 0 Å². The van der Waals surface area contributed by atoms with Gasteiger partial charge in [-0.2, -0.15) is 10.5 Å². The minimum absolute atomic E-state index is 0.0330. The molecule has 0 heterocycles. The van der Waals surface area contributed by atoms with Crippen molar-refractivity contribution in [1.29, 1.82) is 10.5 Å². The maximum atomic E-state index is 8.44. The van der Waals surface area contributed by atoms with Gasteiger partial charge in [0.05, 0.1) is 7.11 Å². The molecule has 0 fully saturated rings. The molecule has 15 heavy (non-hydrogen) atoms. The van der Waals surface area contributed by atoms with Crippen LogP contribution in [0.25, 0.3) is 0 Å². The van der Waals surface area contributed by atoms with Crippen LogP contribution < -0.4 is 0 Å². The average molecular weight is 203 g/mol. The lowest BCUT2D eigenvalue weighted by atomic mass is 10.1. The van der Waals surface area contributed by atoms with Crippen LogP contribution in [-0.4, -0.2) is 18.0 Å². The van der Waals surface area contributed by atoms with E-state index in [9.17, 15) is 0 Å². The number of ether oxygens (including phenoxy) is 1. The third-order valence-electron chi connectivity index (χ3n) is 1.34. The Morgan fingerprint density at radius 1 is 1.33 bits per heavy atom. The number of nitrogens with zero attached hydrogens (tertiary/aromatic N) is 3. The first-order valence-corrected chi connectivity index (χ1v) is 3.89. The monoisotopic (exact) mass is 203 g/mol. The number of hydrogen-bond donors (Lipinski definition) is 1. The number of nitriles is 2. The van der Waals surface area contributed by atoms with Gasteiger partial charge in [0, 0.05) is 5.56 Å². The molecule has 76 valence electrons. The highest BCUT2D eigenvalue weighted by atomic mass is 16.5. The standard InChI is InChI=1S/C8H6N2O.C2H3NO/c9-6-8(10-11)7-4-2-1-3-5-7;1-4-2-3/h1-5,11H;1H3. The fourth-order valence-electron chi connectivity index (χ4n) is 0.741. The maximum Gasteiger partial charge on any atom is 0.286 e. The maximum absolute atomic E-state index is 8.44. The topological polar surface area (TPSA) is 89.4 Å². The lowest BCUT2D eigenvalue weighted by molar-refractivity contribution is 0.320. The molecule has 0 atom stereocenters. The molecule has 0 aliphatic heterocycles. The van der Waals surface area contributed by atoms with E-state index in [0.29, 0.717) is 5.56 Å². The van der Waals surface area contributed by atoms with E-state index in [4.69, 9.17) is 15.7 Å². The molecule has 0 saturated heterocycles. The molecule has 1 rings (SSSR count). The summed E-state index contributed by atoms with van der Waals surface area (Å²) in [6.45, 7) is 0. The molecule has 5 nitrogen and oxygen atoms in total. The summed E-state index contributed by atoms with van der Waals surface area (Å²) >= 11 is 0. The van der Waals surface area contributed by atoms with Gasteiger partial charge < -0.3 is 9.94 Å². The van der Waals surface area contributed by atoms with Gasteiger partial charge in [0.2, 0.25) is 0 Å². The van der Waals surface area contributed by atoms with Crippen LogP contribution in [0.3, 0.4) is 0 Å². The first-order chi connectivity index (χ1) is 7.29. The molecule has 0 bridgehead atoms. The quantitative estimate of drug-likeness (QED) is 0.324. The van der Waals surface area contributed by atoms with Gasteiger partial charge in [-0.25, -0.2) is 0 Å². The summed E-state index contributed by atoms with van der Waals surface area (Å²) in [5.41, 5.74) is 0.656. The van der Waals surface area contributed by atoms with E-state index < -0.39 is 0 Å². The van der Waals surface area contributed by atoms with Crippen LogP contribution in [0.1, 0.15) is 5.56 Å². The van der Waals surface area contributed by atoms with Crippen molar-refractivity contribution in [2.45, 2.75) is 0 Å². The minimum Gasteiger partial charge on any atom is -0.431 e. The molecule has 0 amide bonds. The smallest absolute Gasteiger partial charge is 0.286 e. The van der Waals surface area contributed by atoms with E-state index in [2.05, 4.69) is 9.89 Å². The summed E-state index contributed by atoms with van der Waals surface area (Å²) < 4.78 is 3.85. The van der Waals surface area contributed by atoms with Gasteiger partial charge >= 0.3 is 0 Å². The van der Waals surface area contributed by atoms with E-state index in [-0.39, 0.29) is 5.71 Å². The Hall–Kier alpha value is -2.53. The normalized spacial score (nSPS) is 8.87. The molecule has 0 aromatic heterocycles.